The van der Waals surface area contributed by atoms with Crippen LogP contribution in [0.5, 0.6) is 0 Å². The Morgan fingerprint density at radius 3 is 2.60 bits per heavy atom. The molecule has 0 unspecified atom stereocenters. The first-order valence-electron chi connectivity index (χ1n) is 5.72. The van der Waals surface area contributed by atoms with Gasteiger partial charge in [0.15, 0.2) is 0 Å². The van der Waals surface area contributed by atoms with Crippen LogP contribution in [0.4, 0.5) is 0 Å². The van der Waals surface area contributed by atoms with Crippen molar-refractivity contribution in [3.05, 3.63) is 12.7 Å². The summed E-state index contributed by atoms with van der Waals surface area (Å²) in [6.07, 6.45) is 4.66. The zero-order valence-electron chi connectivity index (χ0n) is 10.00. The third kappa shape index (κ3) is 7.48. The number of nitrogens with zero attached hydrogens (tertiary/aromatic N) is 1. The van der Waals surface area contributed by atoms with Gasteiger partial charge in [-0.2, -0.15) is 11.8 Å². The molecule has 0 aliphatic carbocycles. The van der Waals surface area contributed by atoms with E-state index in [2.05, 4.69) is 20.4 Å². The topological polar surface area (TPSA) is 20.3 Å². The Morgan fingerprint density at radius 2 is 2.07 bits per heavy atom. The van der Waals surface area contributed by atoms with E-state index in [9.17, 15) is 4.79 Å². The average Bonchev–Trinajstić information content (AvgIpc) is 2.24. The number of hydrogen-bond donors (Lipinski definition) is 0. The fourth-order valence-corrected chi connectivity index (χ4v) is 2.12. The third-order valence-electron chi connectivity index (χ3n) is 2.00. The number of rotatable bonds is 9. The van der Waals surface area contributed by atoms with E-state index in [1.54, 1.807) is 6.08 Å². The maximum absolute atomic E-state index is 11.8. The van der Waals surface area contributed by atoms with Crippen molar-refractivity contribution in [3.8, 4) is 0 Å². The van der Waals surface area contributed by atoms with E-state index in [4.69, 9.17) is 0 Å². The Morgan fingerprint density at radius 1 is 1.33 bits per heavy atom. The largest absolute Gasteiger partial charge is 0.339 e. The minimum Gasteiger partial charge on any atom is -0.339 e. The van der Waals surface area contributed by atoms with Crippen LogP contribution in [-0.4, -0.2) is 35.4 Å². The smallest absolute Gasteiger partial charge is 0.223 e. The molecule has 0 fully saturated rings. The second-order valence-corrected chi connectivity index (χ2v) is 4.72. The van der Waals surface area contributed by atoms with Gasteiger partial charge in [0, 0.05) is 25.3 Å². The van der Waals surface area contributed by atoms with Gasteiger partial charge in [0.25, 0.3) is 0 Å². The highest BCUT2D eigenvalue weighted by Crippen LogP contribution is 2.06. The molecule has 0 saturated carbocycles. The lowest BCUT2D eigenvalue weighted by molar-refractivity contribution is -0.130. The number of carbonyl (C=O) groups is 1. The summed E-state index contributed by atoms with van der Waals surface area (Å²) in [5, 5.41) is 0. The molecule has 0 spiro atoms. The van der Waals surface area contributed by atoms with E-state index in [1.807, 2.05) is 16.7 Å². The first kappa shape index (κ1) is 14.6. The summed E-state index contributed by atoms with van der Waals surface area (Å²) >= 11 is 1.86. The van der Waals surface area contributed by atoms with Gasteiger partial charge in [-0.15, -0.1) is 6.58 Å². The van der Waals surface area contributed by atoms with Crippen molar-refractivity contribution in [2.75, 3.05) is 24.6 Å². The summed E-state index contributed by atoms with van der Waals surface area (Å²) in [4.78, 5) is 13.6. The predicted molar refractivity (Wildman–Crippen MR) is 69.3 cm³/mol. The van der Waals surface area contributed by atoms with E-state index >= 15 is 0 Å². The zero-order valence-corrected chi connectivity index (χ0v) is 10.8. The lowest BCUT2D eigenvalue weighted by Crippen LogP contribution is -2.32. The molecule has 0 rings (SSSR count). The van der Waals surface area contributed by atoms with Crippen LogP contribution >= 0.6 is 11.8 Å². The minimum absolute atomic E-state index is 0.264. The molecule has 0 aromatic carbocycles. The van der Waals surface area contributed by atoms with Gasteiger partial charge in [-0.1, -0.05) is 19.9 Å². The molecule has 0 heterocycles. The van der Waals surface area contributed by atoms with E-state index < -0.39 is 0 Å². The second kappa shape index (κ2) is 10.1. The molecule has 0 atom stereocenters. The molecule has 3 heteroatoms. The van der Waals surface area contributed by atoms with Crippen molar-refractivity contribution in [3.63, 3.8) is 0 Å². The lowest BCUT2D eigenvalue weighted by Gasteiger charge is -2.20. The number of carbonyl (C=O) groups excluding carboxylic acids is 1. The summed E-state index contributed by atoms with van der Waals surface area (Å²) in [5.41, 5.74) is 0. The van der Waals surface area contributed by atoms with E-state index in [-0.39, 0.29) is 5.91 Å². The third-order valence-corrected chi connectivity index (χ3v) is 3.19. The van der Waals surface area contributed by atoms with E-state index in [1.165, 1.54) is 6.42 Å². The lowest BCUT2D eigenvalue weighted by atomic mass is 10.3. The summed E-state index contributed by atoms with van der Waals surface area (Å²) in [6, 6.07) is 0. The summed E-state index contributed by atoms with van der Waals surface area (Å²) < 4.78 is 0. The van der Waals surface area contributed by atoms with Crippen LogP contribution in [0.3, 0.4) is 0 Å². The first-order chi connectivity index (χ1) is 7.26. The molecular weight excluding hydrogens is 206 g/mol. The van der Waals surface area contributed by atoms with Gasteiger partial charge in [0.05, 0.1) is 0 Å². The molecule has 0 aromatic heterocycles. The van der Waals surface area contributed by atoms with Gasteiger partial charge in [-0.3, -0.25) is 4.79 Å². The number of thioether (sulfide) groups is 1. The van der Waals surface area contributed by atoms with Crippen LogP contribution in [0.15, 0.2) is 12.7 Å². The first-order valence-corrected chi connectivity index (χ1v) is 6.88. The monoisotopic (exact) mass is 229 g/mol. The number of amides is 1. The highest BCUT2D eigenvalue weighted by atomic mass is 32.2. The molecule has 15 heavy (non-hydrogen) atoms. The average molecular weight is 229 g/mol. The van der Waals surface area contributed by atoms with Gasteiger partial charge in [-0.05, 0) is 18.6 Å². The maximum Gasteiger partial charge on any atom is 0.223 e. The molecule has 0 aromatic rings. The minimum atomic E-state index is 0.264. The molecule has 0 aliphatic rings. The van der Waals surface area contributed by atoms with Crippen molar-refractivity contribution < 1.29 is 4.79 Å². The van der Waals surface area contributed by atoms with Gasteiger partial charge in [0.2, 0.25) is 5.91 Å². The predicted octanol–water partition coefficient (Wildman–Crippen LogP) is 2.94. The fourth-order valence-electron chi connectivity index (χ4n) is 1.31. The van der Waals surface area contributed by atoms with Crippen LogP contribution in [0.1, 0.15) is 33.1 Å². The van der Waals surface area contributed by atoms with Crippen molar-refractivity contribution in [1.82, 2.24) is 4.90 Å². The van der Waals surface area contributed by atoms with E-state index in [0.29, 0.717) is 13.0 Å². The highest BCUT2D eigenvalue weighted by Gasteiger charge is 2.09. The molecule has 88 valence electrons. The van der Waals surface area contributed by atoms with Crippen LogP contribution in [0.2, 0.25) is 0 Å². The van der Waals surface area contributed by atoms with Crippen LogP contribution in [-0.2, 0) is 4.79 Å². The Hall–Kier alpha value is -0.440. The molecule has 2 nitrogen and oxygen atoms in total. The Kier molecular flexibility index (Phi) is 9.79. The van der Waals surface area contributed by atoms with Crippen molar-refractivity contribution in [2.45, 2.75) is 33.1 Å². The fraction of sp³-hybridized carbons (Fsp3) is 0.750. The van der Waals surface area contributed by atoms with Gasteiger partial charge in [-0.25, -0.2) is 0 Å². The quantitative estimate of drug-likeness (QED) is 0.447. The zero-order chi connectivity index (χ0) is 11.5. The molecule has 0 N–H and O–H groups in total. The van der Waals surface area contributed by atoms with Crippen LogP contribution < -0.4 is 0 Å². The van der Waals surface area contributed by atoms with Crippen LogP contribution in [0, 0.1) is 0 Å². The Balaban J connectivity index is 3.75. The van der Waals surface area contributed by atoms with Crippen molar-refractivity contribution in [1.29, 1.82) is 0 Å². The molecule has 0 saturated heterocycles. The summed E-state index contributed by atoms with van der Waals surface area (Å²) in [5.74, 6) is 2.37. The molecular formula is C12H23NOS. The number of hydrogen-bond acceptors (Lipinski definition) is 2. The van der Waals surface area contributed by atoms with Gasteiger partial charge < -0.3 is 4.90 Å². The molecule has 0 bridgehead atoms. The highest BCUT2D eigenvalue weighted by molar-refractivity contribution is 7.99. The Labute approximate surface area is 98.1 Å². The van der Waals surface area contributed by atoms with E-state index in [0.717, 1.165) is 24.5 Å². The molecule has 1 amide bonds. The van der Waals surface area contributed by atoms with Gasteiger partial charge in [0.1, 0.15) is 0 Å². The van der Waals surface area contributed by atoms with Crippen molar-refractivity contribution in [2.24, 2.45) is 0 Å². The Bertz CT molecular complexity index is 182. The molecule has 0 radical (unpaired) electrons. The standard InChI is InChI=1S/C12H23NOS/c1-4-8-13(9-5-2)12(14)7-11-15-10-6-3/h4H,1,5-11H2,2-3H3. The van der Waals surface area contributed by atoms with Gasteiger partial charge >= 0.3 is 0 Å². The van der Waals surface area contributed by atoms with Crippen LogP contribution in [0.25, 0.3) is 0 Å². The normalized spacial score (nSPS) is 10.0. The SMILES string of the molecule is C=CCN(CCC)C(=O)CCSCCC. The summed E-state index contributed by atoms with van der Waals surface area (Å²) in [7, 11) is 0. The summed E-state index contributed by atoms with van der Waals surface area (Å²) in [6.45, 7) is 9.47. The maximum atomic E-state index is 11.8. The second-order valence-electron chi connectivity index (χ2n) is 3.49. The van der Waals surface area contributed by atoms with Crippen molar-refractivity contribution >= 4 is 17.7 Å². The molecule has 0 aliphatic heterocycles.